The lowest BCUT2D eigenvalue weighted by Crippen LogP contribution is -2.34. The Balaban J connectivity index is 1.35. The van der Waals surface area contributed by atoms with Crippen molar-refractivity contribution in [3.8, 4) is 44.5 Å². The summed E-state index contributed by atoms with van der Waals surface area (Å²) in [6.07, 6.45) is 2.34. The van der Waals surface area contributed by atoms with E-state index in [1.165, 1.54) is 84.4 Å². The Morgan fingerprint density at radius 1 is 0.418 bits per heavy atom. The summed E-state index contributed by atoms with van der Waals surface area (Å²) in [4.78, 5) is 2.53. The lowest BCUT2D eigenvalue weighted by molar-refractivity contribution is 0.332. The van der Waals surface area contributed by atoms with E-state index in [1.807, 2.05) is 0 Å². The van der Waals surface area contributed by atoms with Crippen LogP contribution in [0.5, 0.6) is 0 Å². The molecule has 7 aromatic carbocycles. The van der Waals surface area contributed by atoms with Gasteiger partial charge in [-0.3, -0.25) is 0 Å². The molecule has 7 aromatic rings. The van der Waals surface area contributed by atoms with Crippen LogP contribution < -0.4 is 4.90 Å². The van der Waals surface area contributed by atoms with Gasteiger partial charge >= 0.3 is 0 Å². The molecule has 2 aliphatic carbocycles. The molecule has 2 aliphatic rings. The second-order valence-electron chi connectivity index (χ2n) is 17.7. The average Bonchev–Trinajstić information content (AvgIpc) is 3.42. The summed E-state index contributed by atoms with van der Waals surface area (Å²) in [7, 11) is 0. The zero-order valence-corrected chi connectivity index (χ0v) is 33.4. The lowest BCUT2D eigenvalue weighted by atomic mass is 9.61. The van der Waals surface area contributed by atoms with E-state index < -0.39 is 0 Å². The fraction of sp³-hybridized carbons (Fsp3) is 0.222. The predicted molar refractivity (Wildman–Crippen MR) is 235 cm³/mol. The maximum absolute atomic E-state index is 2.56. The third kappa shape index (κ3) is 5.84. The third-order valence-corrected chi connectivity index (χ3v) is 12.9. The van der Waals surface area contributed by atoms with Gasteiger partial charge in [-0.1, -0.05) is 163 Å². The molecule has 0 fully saturated rings. The Morgan fingerprint density at radius 2 is 0.927 bits per heavy atom. The molecule has 55 heavy (non-hydrogen) atoms. The molecule has 0 unspecified atom stereocenters. The topological polar surface area (TPSA) is 3.24 Å². The maximum atomic E-state index is 2.56. The molecule has 0 radical (unpaired) electrons. The molecule has 1 nitrogen and oxygen atoms in total. The van der Waals surface area contributed by atoms with Crippen LogP contribution in [0.1, 0.15) is 82.2 Å². The lowest BCUT2D eigenvalue weighted by Gasteiger charge is -2.44. The zero-order chi connectivity index (χ0) is 38.1. The van der Waals surface area contributed by atoms with E-state index in [1.54, 1.807) is 0 Å². The Morgan fingerprint density at radius 3 is 1.51 bits per heavy atom. The molecule has 272 valence electrons. The highest BCUT2D eigenvalue weighted by Crippen LogP contribution is 2.57. The van der Waals surface area contributed by atoms with Gasteiger partial charge in [0.1, 0.15) is 0 Å². The molecule has 1 heteroatoms. The number of benzene rings is 7. The molecule has 0 N–H and O–H groups in total. The van der Waals surface area contributed by atoms with Crippen LogP contribution in [-0.4, -0.2) is 0 Å². The second kappa shape index (κ2) is 13.0. The number of aryl methyl sites for hydroxylation is 1. The first-order valence-electron chi connectivity index (χ1n) is 20.0. The van der Waals surface area contributed by atoms with Crippen molar-refractivity contribution in [2.75, 3.05) is 4.90 Å². The van der Waals surface area contributed by atoms with Gasteiger partial charge in [-0.05, 0) is 134 Å². The highest BCUT2D eigenvalue weighted by atomic mass is 15.1. The summed E-state index contributed by atoms with van der Waals surface area (Å²) in [5.41, 5.74) is 20.8. The maximum Gasteiger partial charge on any atom is 0.0543 e. The fourth-order valence-electron chi connectivity index (χ4n) is 9.62. The van der Waals surface area contributed by atoms with E-state index in [4.69, 9.17) is 0 Å². The molecule has 0 heterocycles. The van der Waals surface area contributed by atoms with E-state index in [-0.39, 0.29) is 16.2 Å². The van der Waals surface area contributed by atoms with Crippen molar-refractivity contribution < 1.29 is 0 Å². The van der Waals surface area contributed by atoms with Gasteiger partial charge in [0.05, 0.1) is 5.69 Å². The van der Waals surface area contributed by atoms with Crippen LogP contribution in [0.2, 0.25) is 0 Å². The minimum atomic E-state index is -0.147. The van der Waals surface area contributed by atoms with Gasteiger partial charge in [0.2, 0.25) is 0 Å². The van der Waals surface area contributed by atoms with Crippen LogP contribution >= 0.6 is 0 Å². The minimum absolute atomic E-state index is 0.0269. The molecule has 0 spiro atoms. The van der Waals surface area contributed by atoms with Gasteiger partial charge in [0.25, 0.3) is 0 Å². The van der Waals surface area contributed by atoms with Gasteiger partial charge in [-0.2, -0.15) is 0 Å². The van der Waals surface area contributed by atoms with Crippen molar-refractivity contribution >= 4 is 17.1 Å². The number of fused-ring (bicyclic) bond motifs is 4. The summed E-state index contributed by atoms with van der Waals surface area (Å²) in [6.45, 7) is 17.0. The molecule has 0 aromatic heterocycles. The van der Waals surface area contributed by atoms with Crippen LogP contribution in [0, 0.1) is 6.92 Å². The number of hydrogen-bond acceptors (Lipinski definition) is 1. The predicted octanol–water partition coefficient (Wildman–Crippen LogP) is 15.1. The normalized spacial score (nSPS) is 15.8. The molecular formula is C54H51N. The smallest absolute Gasteiger partial charge is 0.0543 e. The van der Waals surface area contributed by atoms with Crippen LogP contribution in [-0.2, 0) is 16.2 Å². The first-order valence-corrected chi connectivity index (χ1v) is 20.0. The first-order chi connectivity index (χ1) is 26.4. The quantitative estimate of drug-likeness (QED) is 0.166. The summed E-state index contributed by atoms with van der Waals surface area (Å²) >= 11 is 0. The highest BCUT2D eigenvalue weighted by Gasteiger charge is 2.41. The molecule has 0 bridgehead atoms. The summed E-state index contributed by atoms with van der Waals surface area (Å²) in [6, 6.07) is 58.8. The van der Waals surface area contributed by atoms with Crippen LogP contribution in [0.15, 0.2) is 158 Å². The van der Waals surface area contributed by atoms with Crippen molar-refractivity contribution in [2.24, 2.45) is 0 Å². The van der Waals surface area contributed by atoms with Gasteiger partial charge < -0.3 is 4.90 Å². The summed E-state index contributed by atoms with van der Waals surface area (Å²) < 4.78 is 0. The van der Waals surface area contributed by atoms with Gasteiger partial charge in [0.15, 0.2) is 0 Å². The van der Waals surface area contributed by atoms with Crippen LogP contribution in [0.4, 0.5) is 17.1 Å². The number of hydrogen-bond donors (Lipinski definition) is 0. The largest absolute Gasteiger partial charge is 0.310 e. The summed E-state index contributed by atoms with van der Waals surface area (Å²) in [5, 5.41) is 0. The SMILES string of the molecule is Cc1ccc2c(c1-c1cc3c(cc1N(c1ccc(-c4ccccc4)cc1)c1ccc(-c4ccccc4)cc1)C(C)(C)c1ccccc1-3)C(C)(C)CCC2(C)C. The molecule has 9 rings (SSSR count). The Bertz CT molecular complexity index is 2450. The minimum Gasteiger partial charge on any atom is -0.310 e. The van der Waals surface area contributed by atoms with Crippen LogP contribution in [0.3, 0.4) is 0 Å². The fourth-order valence-corrected chi connectivity index (χ4v) is 9.62. The number of anilines is 3. The number of rotatable bonds is 6. The van der Waals surface area contributed by atoms with E-state index in [2.05, 4.69) is 211 Å². The second-order valence-corrected chi connectivity index (χ2v) is 17.7. The average molecular weight is 714 g/mol. The van der Waals surface area contributed by atoms with Gasteiger partial charge in [0, 0.05) is 22.4 Å². The van der Waals surface area contributed by atoms with E-state index >= 15 is 0 Å². The Labute approximate surface area is 328 Å². The van der Waals surface area contributed by atoms with Gasteiger partial charge in [-0.25, -0.2) is 0 Å². The van der Waals surface area contributed by atoms with E-state index in [0.29, 0.717) is 0 Å². The Hall–Kier alpha value is -5.66. The zero-order valence-electron chi connectivity index (χ0n) is 33.4. The molecule has 0 saturated carbocycles. The molecular weight excluding hydrogens is 663 g/mol. The highest BCUT2D eigenvalue weighted by molar-refractivity contribution is 5.97. The Kier molecular flexibility index (Phi) is 8.28. The van der Waals surface area contributed by atoms with Crippen molar-refractivity contribution in [3.05, 3.63) is 186 Å². The standard InChI is InChI=1S/C54H51N/c1-36-22-31-47-51(53(4,5)33-32-52(47,2)3)50(36)45-34-44-43-20-14-15-21-46(43)54(6,7)48(44)35-49(45)55(41-27-23-39(24-28-41)37-16-10-8-11-17-37)42-29-25-40(26-30-42)38-18-12-9-13-19-38/h8-31,34-35H,32-33H2,1-7H3. The van der Waals surface area contributed by atoms with Crippen molar-refractivity contribution in [3.63, 3.8) is 0 Å². The van der Waals surface area contributed by atoms with E-state index in [0.717, 1.165) is 17.8 Å². The molecule has 0 atom stereocenters. The molecule has 0 saturated heterocycles. The monoisotopic (exact) mass is 713 g/mol. The van der Waals surface area contributed by atoms with Crippen molar-refractivity contribution in [1.82, 2.24) is 0 Å². The van der Waals surface area contributed by atoms with E-state index in [9.17, 15) is 0 Å². The van der Waals surface area contributed by atoms with Crippen LogP contribution in [0.25, 0.3) is 44.5 Å². The summed E-state index contributed by atoms with van der Waals surface area (Å²) in [5.74, 6) is 0. The molecule has 0 aliphatic heterocycles. The molecule has 0 amide bonds. The van der Waals surface area contributed by atoms with Crippen molar-refractivity contribution in [2.45, 2.75) is 77.6 Å². The first kappa shape index (κ1) is 35.1. The third-order valence-electron chi connectivity index (χ3n) is 12.9. The van der Waals surface area contributed by atoms with Crippen molar-refractivity contribution in [1.29, 1.82) is 0 Å². The van der Waals surface area contributed by atoms with Gasteiger partial charge in [-0.15, -0.1) is 0 Å². The number of nitrogens with zero attached hydrogens (tertiary/aromatic N) is 1.